The number of amides is 1. The van der Waals surface area contributed by atoms with Crippen molar-refractivity contribution in [3.05, 3.63) is 152 Å². The Kier molecular flexibility index (Phi) is 16.2. The first-order valence-corrected chi connectivity index (χ1v) is 22.3. The zero-order chi connectivity index (χ0) is 44.4. The van der Waals surface area contributed by atoms with Gasteiger partial charge < -0.3 is 33.3 Å². The van der Waals surface area contributed by atoms with E-state index in [0.717, 1.165) is 21.3 Å². The molecule has 1 amide bonds. The molecule has 1 aromatic heterocycles. The van der Waals surface area contributed by atoms with Crippen LogP contribution in [0, 0.1) is 14.9 Å². The van der Waals surface area contributed by atoms with E-state index in [9.17, 15) is 14.9 Å². The minimum absolute atomic E-state index is 0.0207. The molecular weight excluding hydrogens is 927 g/mol. The van der Waals surface area contributed by atoms with Crippen molar-refractivity contribution in [3.8, 4) is 17.6 Å². The SMILES string of the molecule is COc1ccc(C(OC[C@H]2O[C@@H](n3cc(I)c(NC(=O)c4ccccc4)nc3=O)C(F)C2OP(OCCC#N)N(C(C)C)C(C)C)(c2ccccc2)c2ccc(OC)cc2)cc1. The van der Waals surface area contributed by atoms with Gasteiger partial charge in [-0.05, 0) is 103 Å². The summed E-state index contributed by atoms with van der Waals surface area (Å²) in [6, 6.07) is 35.1. The minimum atomic E-state index is -1.97. The number of anilines is 1. The monoisotopic (exact) mass is 977 g/mol. The Morgan fingerprint density at radius 1 is 0.919 bits per heavy atom. The summed E-state index contributed by atoms with van der Waals surface area (Å²) in [4.78, 5) is 31.0. The zero-order valence-corrected chi connectivity index (χ0v) is 38.4. The number of methoxy groups -OCH3 is 2. The average Bonchev–Trinajstić information content (AvgIpc) is 3.59. The van der Waals surface area contributed by atoms with Gasteiger partial charge in [0.1, 0.15) is 29.3 Å². The number of ether oxygens (including phenoxy) is 4. The van der Waals surface area contributed by atoms with Gasteiger partial charge in [0, 0.05) is 23.8 Å². The number of nitrogens with one attached hydrogen (secondary N) is 1. The number of aromatic nitrogens is 2. The maximum atomic E-state index is 17.5. The number of alkyl halides is 1. The topological polar surface area (TPSA) is 146 Å². The molecule has 62 heavy (non-hydrogen) atoms. The predicted molar refractivity (Wildman–Crippen MR) is 243 cm³/mol. The number of rotatable bonds is 19. The van der Waals surface area contributed by atoms with Crippen molar-refractivity contribution in [2.75, 3.05) is 32.8 Å². The van der Waals surface area contributed by atoms with Crippen LogP contribution in [0.15, 0.2) is 120 Å². The first-order valence-electron chi connectivity index (χ1n) is 20.1. The Morgan fingerprint density at radius 3 is 2.00 bits per heavy atom. The molecule has 13 nitrogen and oxygen atoms in total. The molecule has 6 rings (SSSR count). The number of benzene rings is 4. The lowest BCUT2D eigenvalue weighted by Gasteiger charge is -2.39. The van der Waals surface area contributed by atoms with E-state index in [0.29, 0.717) is 20.6 Å². The molecule has 1 aliphatic heterocycles. The summed E-state index contributed by atoms with van der Waals surface area (Å²) in [5, 5.41) is 12.1. The summed E-state index contributed by atoms with van der Waals surface area (Å²) in [6.45, 7) is 7.75. The fourth-order valence-corrected chi connectivity index (χ4v) is 9.66. The quantitative estimate of drug-likeness (QED) is 0.0366. The van der Waals surface area contributed by atoms with Crippen LogP contribution in [-0.4, -0.2) is 78.0 Å². The van der Waals surface area contributed by atoms with Gasteiger partial charge in [-0.25, -0.2) is 13.9 Å². The zero-order valence-electron chi connectivity index (χ0n) is 35.3. The van der Waals surface area contributed by atoms with Crippen LogP contribution >= 0.6 is 31.1 Å². The van der Waals surface area contributed by atoms with Gasteiger partial charge in [-0.1, -0.05) is 72.8 Å². The fourth-order valence-electron chi connectivity index (χ4n) is 7.34. The van der Waals surface area contributed by atoms with Crippen LogP contribution < -0.4 is 20.5 Å². The minimum Gasteiger partial charge on any atom is -0.497 e. The maximum Gasteiger partial charge on any atom is 0.351 e. The number of nitriles is 1. The first-order chi connectivity index (χ1) is 29.9. The fraction of sp³-hybridized carbons (Fsp3) is 0.348. The Bertz CT molecular complexity index is 2280. The molecule has 5 aromatic rings. The van der Waals surface area contributed by atoms with Crippen molar-refractivity contribution in [1.82, 2.24) is 14.2 Å². The lowest BCUT2D eigenvalue weighted by Crippen LogP contribution is -2.41. The van der Waals surface area contributed by atoms with Crippen LogP contribution in [0.25, 0.3) is 0 Å². The van der Waals surface area contributed by atoms with Crippen LogP contribution in [0.3, 0.4) is 0 Å². The predicted octanol–water partition coefficient (Wildman–Crippen LogP) is 9.02. The molecule has 4 aromatic carbocycles. The van der Waals surface area contributed by atoms with Crippen LogP contribution in [-0.2, 0) is 24.1 Å². The lowest BCUT2D eigenvalue weighted by molar-refractivity contribution is -0.0934. The molecule has 326 valence electrons. The molecule has 3 unspecified atom stereocenters. The van der Waals surface area contributed by atoms with Crippen molar-refractivity contribution in [3.63, 3.8) is 0 Å². The molecule has 0 saturated carbocycles. The van der Waals surface area contributed by atoms with Gasteiger partial charge in [0.25, 0.3) is 14.4 Å². The van der Waals surface area contributed by atoms with Gasteiger partial charge in [-0.2, -0.15) is 10.2 Å². The molecule has 1 aliphatic rings. The Hall–Kier alpha value is -4.79. The van der Waals surface area contributed by atoms with Crippen LogP contribution in [0.2, 0.25) is 0 Å². The number of hydrogen-bond acceptors (Lipinski definition) is 11. The van der Waals surface area contributed by atoms with Crippen LogP contribution in [0.4, 0.5) is 10.2 Å². The number of carbonyl (C=O) groups is 1. The van der Waals surface area contributed by atoms with Crippen molar-refractivity contribution in [2.45, 2.75) is 76.4 Å². The van der Waals surface area contributed by atoms with E-state index >= 15 is 4.39 Å². The Labute approximate surface area is 376 Å². The van der Waals surface area contributed by atoms with Crippen molar-refractivity contribution in [1.29, 1.82) is 5.26 Å². The second kappa shape index (κ2) is 21.5. The third-order valence-corrected chi connectivity index (χ3v) is 13.1. The van der Waals surface area contributed by atoms with Crippen molar-refractivity contribution < 1.29 is 37.2 Å². The third-order valence-electron chi connectivity index (χ3n) is 10.2. The number of carbonyl (C=O) groups excluding carboxylic acids is 1. The number of nitrogens with zero attached hydrogens (tertiary/aromatic N) is 4. The highest BCUT2D eigenvalue weighted by Gasteiger charge is 2.51. The van der Waals surface area contributed by atoms with E-state index < -0.39 is 50.3 Å². The molecule has 2 heterocycles. The molecule has 1 N–H and O–H groups in total. The molecule has 1 fully saturated rings. The summed E-state index contributed by atoms with van der Waals surface area (Å²) in [6.07, 6.45) is -4.42. The number of halogens is 2. The molecule has 0 radical (unpaired) electrons. The van der Waals surface area contributed by atoms with Crippen molar-refractivity contribution in [2.24, 2.45) is 0 Å². The summed E-state index contributed by atoms with van der Waals surface area (Å²) in [7, 11) is 1.21. The van der Waals surface area contributed by atoms with E-state index in [1.165, 1.54) is 6.20 Å². The van der Waals surface area contributed by atoms with Gasteiger partial charge in [-0.15, -0.1) is 0 Å². The standard InChI is InChI=1S/C46H50FIN5O8P/c1-30(2)53(31(3)4)62(59-27-13-26-49)61-41-39(60-44(40(41)47)52-28-38(48)42(51-45(52)55)50-43(54)32-14-9-7-10-15-32)29-58-46(33-16-11-8-12-17-33,34-18-22-36(56-5)23-19-34)35-20-24-37(57-6)25-21-35/h7-12,14-25,28,30-31,39-41,44H,13,27,29H2,1-6H3,(H,50,51,54,55)/t39-,40?,41?,44-,62?/m1/s1. The second-order valence-corrected chi connectivity index (χ2v) is 17.5. The molecule has 1 saturated heterocycles. The van der Waals surface area contributed by atoms with Crippen LogP contribution in [0.1, 0.15) is 67.4 Å². The molecule has 5 atom stereocenters. The Morgan fingerprint density at radius 2 is 1.47 bits per heavy atom. The summed E-state index contributed by atoms with van der Waals surface area (Å²) in [5.74, 6) is 0.849. The number of hydrogen-bond donors (Lipinski definition) is 1. The van der Waals surface area contributed by atoms with Gasteiger partial charge in [0.05, 0.1) is 43.5 Å². The summed E-state index contributed by atoms with van der Waals surface area (Å²) >= 11 is 1.94. The van der Waals surface area contributed by atoms with Crippen molar-refractivity contribution >= 4 is 42.8 Å². The molecule has 0 bridgehead atoms. The van der Waals surface area contributed by atoms with Crippen LogP contribution in [0.5, 0.6) is 11.5 Å². The molecule has 0 aliphatic carbocycles. The largest absolute Gasteiger partial charge is 0.497 e. The third kappa shape index (κ3) is 10.5. The second-order valence-electron chi connectivity index (χ2n) is 14.9. The van der Waals surface area contributed by atoms with E-state index in [1.807, 2.05) is 134 Å². The van der Waals surface area contributed by atoms with E-state index in [2.05, 4.69) is 16.4 Å². The molecule has 16 heteroatoms. The lowest BCUT2D eigenvalue weighted by atomic mass is 9.80. The highest BCUT2D eigenvalue weighted by atomic mass is 127. The smallest absolute Gasteiger partial charge is 0.351 e. The Balaban J connectivity index is 1.43. The molecular formula is C46H50FIN5O8P. The van der Waals surface area contributed by atoms with Gasteiger partial charge >= 0.3 is 5.69 Å². The average molecular weight is 978 g/mol. The molecule has 0 spiro atoms. The maximum absolute atomic E-state index is 17.5. The normalized spacial score (nSPS) is 18.2. The summed E-state index contributed by atoms with van der Waals surface area (Å²) < 4.78 is 58.6. The van der Waals surface area contributed by atoms with E-state index in [-0.39, 0.29) is 37.5 Å². The van der Waals surface area contributed by atoms with E-state index in [1.54, 1.807) is 44.6 Å². The first kappa shape index (κ1) is 46.7. The van der Waals surface area contributed by atoms with Gasteiger partial charge in [0.15, 0.2) is 18.2 Å². The van der Waals surface area contributed by atoms with Gasteiger partial charge in [-0.3, -0.25) is 9.36 Å². The highest BCUT2D eigenvalue weighted by molar-refractivity contribution is 14.1. The highest BCUT2D eigenvalue weighted by Crippen LogP contribution is 2.51. The van der Waals surface area contributed by atoms with Gasteiger partial charge in [0.2, 0.25) is 0 Å². The summed E-state index contributed by atoms with van der Waals surface area (Å²) in [5.41, 5.74) is 0.496. The van der Waals surface area contributed by atoms with E-state index in [4.69, 9.17) is 28.0 Å².